The van der Waals surface area contributed by atoms with Gasteiger partial charge in [-0.05, 0) is 35.0 Å². The fourth-order valence-electron chi connectivity index (χ4n) is 1.33. The first kappa shape index (κ1) is 10.7. The molecule has 0 radical (unpaired) electrons. The summed E-state index contributed by atoms with van der Waals surface area (Å²) in [6.07, 6.45) is 2.91. The van der Waals surface area contributed by atoms with Gasteiger partial charge in [0.15, 0.2) is 0 Å². The van der Waals surface area contributed by atoms with Gasteiger partial charge in [-0.2, -0.15) is 0 Å². The van der Waals surface area contributed by atoms with Crippen LogP contribution in [0.1, 0.15) is 0 Å². The Hall–Kier alpha value is -1.81. The average molecular weight is 233 g/mol. The Balaban J connectivity index is 2.09. The number of rotatable bonds is 3. The molecule has 2 aromatic rings. The number of nitrogens with one attached hydrogen (secondary N) is 1. The molecule has 0 aliphatic heterocycles. The molecule has 3 nitrogen and oxygen atoms in total. The Kier molecular flexibility index (Phi) is 3.22. The van der Waals surface area contributed by atoms with Gasteiger partial charge in [-0.3, -0.25) is 0 Å². The van der Waals surface area contributed by atoms with Crippen LogP contribution in [0.3, 0.4) is 0 Å². The van der Waals surface area contributed by atoms with E-state index in [4.69, 9.17) is 0 Å². The third-order valence-electron chi connectivity index (χ3n) is 2.12. The normalized spacial score (nSPS) is 10.8. The Morgan fingerprint density at radius 1 is 1.44 bits per heavy atom. The van der Waals surface area contributed by atoms with E-state index in [-0.39, 0.29) is 5.97 Å². The Morgan fingerprint density at radius 2 is 2.31 bits per heavy atom. The minimum Gasteiger partial charge on any atom is -0.466 e. The summed E-state index contributed by atoms with van der Waals surface area (Å²) in [5.41, 5.74) is 0.950. The predicted octanol–water partition coefficient (Wildman–Crippen LogP) is 3.00. The number of benzene rings is 1. The van der Waals surface area contributed by atoms with Crippen molar-refractivity contribution >= 4 is 33.1 Å². The van der Waals surface area contributed by atoms with Crippen LogP contribution in [0.25, 0.3) is 10.1 Å². The fourth-order valence-corrected chi connectivity index (χ4v) is 2.10. The Bertz CT molecular complexity index is 531. The lowest BCUT2D eigenvalue weighted by Gasteiger charge is -2.00. The van der Waals surface area contributed by atoms with Gasteiger partial charge in [0.1, 0.15) is 0 Å². The molecule has 4 heteroatoms. The number of fused-ring (bicyclic) bond motifs is 1. The first-order chi connectivity index (χ1) is 7.79. The fraction of sp³-hybridized carbons (Fsp3) is 0.0833. The maximum absolute atomic E-state index is 10.8. The van der Waals surface area contributed by atoms with Gasteiger partial charge in [0, 0.05) is 22.7 Å². The SMILES string of the molecule is COC(=O)/C=C/Nc1ccc2sccc2c1. The summed E-state index contributed by atoms with van der Waals surface area (Å²) in [6, 6.07) is 8.12. The van der Waals surface area contributed by atoms with Crippen molar-refractivity contribution in [3.05, 3.63) is 41.9 Å². The molecular formula is C12H11NO2S. The van der Waals surface area contributed by atoms with Crippen LogP contribution in [-0.2, 0) is 9.53 Å². The smallest absolute Gasteiger partial charge is 0.331 e. The van der Waals surface area contributed by atoms with Crippen molar-refractivity contribution in [3.8, 4) is 0 Å². The maximum Gasteiger partial charge on any atom is 0.331 e. The standard InChI is InChI=1S/C12H11NO2S/c1-15-12(14)4-6-13-10-2-3-11-9(8-10)5-7-16-11/h2-8,13H,1H3/b6-4+. The van der Waals surface area contributed by atoms with E-state index in [1.807, 2.05) is 18.2 Å². The number of ether oxygens (including phenoxy) is 1. The average Bonchev–Trinajstić information content (AvgIpc) is 2.76. The van der Waals surface area contributed by atoms with E-state index in [2.05, 4.69) is 21.5 Å². The van der Waals surface area contributed by atoms with Crippen LogP contribution >= 0.6 is 11.3 Å². The van der Waals surface area contributed by atoms with Crippen LogP contribution < -0.4 is 5.32 Å². The number of hydrogen-bond donors (Lipinski definition) is 1. The first-order valence-corrected chi connectivity index (χ1v) is 5.66. The summed E-state index contributed by atoms with van der Waals surface area (Å²) in [5.74, 6) is -0.371. The summed E-state index contributed by atoms with van der Waals surface area (Å²) in [5, 5.41) is 6.27. The van der Waals surface area contributed by atoms with Crippen LogP contribution in [0.4, 0.5) is 5.69 Å². The molecule has 0 atom stereocenters. The second-order valence-electron chi connectivity index (χ2n) is 3.17. The lowest BCUT2D eigenvalue weighted by Crippen LogP contribution is -1.96. The number of anilines is 1. The van der Waals surface area contributed by atoms with Crippen molar-refractivity contribution in [2.75, 3.05) is 12.4 Å². The third kappa shape index (κ3) is 2.41. The summed E-state index contributed by atoms with van der Waals surface area (Å²) >= 11 is 1.71. The van der Waals surface area contributed by atoms with Crippen molar-refractivity contribution < 1.29 is 9.53 Å². The van der Waals surface area contributed by atoms with Gasteiger partial charge in [0.2, 0.25) is 0 Å². The molecule has 0 aliphatic carbocycles. The van der Waals surface area contributed by atoms with Gasteiger partial charge < -0.3 is 10.1 Å². The van der Waals surface area contributed by atoms with E-state index in [1.165, 1.54) is 23.3 Å². The molecule has 0 unspecified atom stereocenters. The lowest BCUT2D eigenvalue weighted by atomic mass is 10.2. The van der Waals surface area contributed by atoms with Gasteiger partial charge in [-0.25, -0.2) is 4.79 Å². The van der Waals surface area contributed by atoms with E-state index in [0.717, 1.165) is 5.69 Å². The highest BCUT2D eigenvalue weighted by atomic mass is 32.1. The molecule has 0 fully saturated rings. The van der Waals surface area contributed by atoms with Crippen LogP contribution in [0, 0.1) is 0 Å². The Labute approximate surface area is 97.3 Å². The van der Waals surface area contributed by atoms with Gasteiger partial charge in [-0.1, -0.05) is 0 Å². The second kappa shape index (κ2) is 4.81. The predicted molar refractivity (Wildman–Crippen MR) is 66.6 cm³/mol. The first-order valence-electron chi connectivity index (χ1n) is 4.78. The quantitative estimate of drug-likeness (QED) is 0.654. The summed E-state index contributed by atoms with van der Waals surface area (Å²) in [6.45, 7) is 0. The van der Waals surface area contributed by atoms with E-state index in [1.54, 1.807) is 17.5 Å². The van der Waals surface area contributed by atoms with Gasteiger partial charge in [0.05, 0.1) is 7.11 Å². The van der Waals surface area contributed by atoms with E-state index in [9.17, 15) is 4.79 Å². The van der Waals surface area contributed by atoms with Gasteiger partial charge >= 0.3 is 5.97 Å². The van der Waals surface area contributed by atoms with Crippen molar-refractivity contribution in [1.82, 2.24) is 0 Å². The van der Waals surface area contributed by atoms with Crippen LogP contribution in [-0.4, -0.2) is 13.1 Å². The maximum atomic E-state index is 10.8. The van der Waals surface area contributed by atoms with Crippen molar-refractivity contribution in [2.45, 2.75) is 0 Å². The molecule has 0 aliphatic rings. The van der Waals surface area contributed by atoms with E-state index in [0.29, 0.717) is 0 Å². The molecule has 2 rings (SSSR count). The molecule has 16 heavy (non-hydrogen) atoms. The molecule has 1 aromatic carbocycles. The Morgan fingerprint density at radius 3 is 3.12 bits per heavy atom. The minimum absolute atomic E-state index is 0.371. The zero-order valence-electron chi connectivity index (χ0n) is 8.77. The molecule has 0 bridgehead atoms. The summed E-state index contributed by atoms with van der Waals surface area (Å²) < 4.78 is 5.73. The third-order valence-corrected chi connectivity index (χ3v) is 3.02. The molecule has 0 spiro atoms. The van der Waals surface area contributed by atoms with E-state index >= 15 is 0 Å². The number of methoxy groups -OCH3 is 1. The molecule has 1 aromatic heterocycles. The highest BCUT2D eigenvalue weighted by molar-refractivity contribution is 7.17. The molecule has 1 N–H and O–H groups in total. The zero-order chi connectivity index (χ0) is 11.4. The van der Waals surface area contributed by atoms with Gasteiger partial charge in [0.25, 0.3) is 0 Å². The molecule has 0 saturated heterocycles. The van der Waals surface area contributed by atoms with E-state index < -0.39 is 0 Å². The summed E-state index contributed by atoms with van der Waals surface area (Å²) in [4.78, 5) is 10.8. The molecular weight excluding hydrogens is 222 g/mol. The number of esters is 1. The molecule has 0 amide bonds. The lowest BCUT2D eigenvalue weighted by molar-refractivity contribution is -0.134. The highest BCUT2D eigenvalue weighted by Gasteiger charge is 1.96. The number of carbonyl (C=O) groups excluding carboxylic acids is 1. The van der Waals surface area contributed by atoms with Gasteiger partial charge in [-0.15, -0.1) is 11.3 Å². The zero-order valence-corrected chi connectivity index (χ0v) is 9.58. The number of hydrogen-bond acceptors (Lipinski definition) is 4. The number of carbonyl (C=O) groups is 1. The van der Waals surface area contributed by atoms with Crippen molar-refractivity contribution in [1.29, 1.82) is 0 Å². The molecule has 82 valence electrons. The summed E-state index contributed by atoms with van der Waals surface area (Å²) in [7, 11) is 1.35. The van der Waals surface area contributed by atoms with Crippen LogP contribution in [0.2, 0.25) is 0 Å². The van der Waals surface area contributed by atoms with Crippen LogP contribution in [0.15, 0.2) is 41.9 Å². The highest BCUT2D eigenvalue weighted by Crippen LogP contribution is 2.23. The second-order valence-corrected chi connectivity index (χ2v) is 4.12. The van der Waals surface area contributed by atoms with Crippen molar-refractivity contribution in [3.63, 3.8) is 0 Å². The molecule has 1 heterocycles. The number of thiophene rings is 1. The monoisotopic (exact) mass is 233 g/mol. The molecule has 0 saturated carbocycles. The van der Waals surface area contributed by atoms with Crippen molar-refractivity contribution in [2.24, 2.45) is 0 Å². The minimum atomic E-state index is -0.371. The van der Waals surface area contributed by atoms with Crippen LogP contribution in [0.5, 0.6) is 0 Å². The topological polar surface area (TPSA) is 38.3 Å². The largest absolute Gasteiger partial charge is 0.466 e.